The minimum Gasteiger partial charge on any atom is -0.535 e. The second-order valence-corrected chi connectivity index (χ2v) is 7.55. The van der Waals surface area contributed by atoms with Crippen LogP contribution in [0.15, 0.2) is 30.3 Å². The van der Waals surface area contributed by atoms with Crippen LogP contribution in [0.2, 0.25) is 6.32 Å². The van der Waals surface area contributed by atoms with Gasteiger partial charge in [-0.2, -0.15) is 0 Å². The van der Waals surface area contributed by atoms with Gasteiger partial charge in [-0.3, -0.25) is 4.79 Å². The van der Waals surface area contributed by atoms with Gasteiger partial charge in [0.1, 0.15) is 40.7 Å². The predicted molar refractivity (Wildman–Crippen MR) is 115 cm³/mol. The third-order valence-corrected chi connectivity index (χ3v) is 5.40. The number of phenols is 2. The molecule has 1 atom stereocenters. The number of hydrogen-bond acceptors (Lipinski definition) is 8. The quantitative estimate of drug-likeness (QED) is 0.405. The van der Waals surface area contributed by atoms with Crippen molar-refractivity contribution in [1.29, 1.82) is 0 Å². The number of carboxylic acid groups (broad SMARTS) is 1. The van der Waals surface area contributed by atoms with Gasteiger partial charge < -0.3 is 40.4 Å². The molecule has 2 heterocycles. The van der Waals surface area contributed by atoms with Gasteiger partial charge in [0.05, 0.1) is 13.1 Å². The van der Waals surface area contributed by atoms with E-state index in [1.165, 1.54) is 17.0 Å². The maximum atomic E-state index is 12.6. The summed E-state index contributed by atoms with van der Waals surface area (Å²) in [4.78, 5) is 25.8. The number of phenolic OH excluding ortho intramolecular Hbond substituents is 2. The summed E-state index contributed by atoms with van der Waals surface area (Å²) in [6.45, 7) is 0.371. The summed E-state index contributed by atoms with van der Waals surface area (Å²) in [6.07, 6.45) is 0.419. The normalized spacial score (nSPS) is 16.2. The van der Waals surface area contributed by atoms with Gasteiger partial charge in [-0.05, 0) is 36.5 Å². The Kier molecular flexibility index (Phi) is 6.72. The fraction of sp³-hybridized carbons (Fsp3) is 0.300. The molecule has 2 aromatic rings. The number of nitrogens with zero attached hydrogens (tertiary/aromatic N) is 1. The first-order valence-corrected chi connectivity index (χ1v) is 9.71. The van der Waals surface area contributed by atoms with Crippen molar-refractivity contribution in [2.24, 2.45) is 5.73 Å². The average molecular weight is 465 g/mol. The van der Waals surface area contributed by atoms with Crippen molar-refractivity contribution in [1.82, 2.24) is 4.90 Å². The molecule has 1 saturated heterocycles. The van der Waals surface area contributed by atoms with Crippen molar-refractivity contribution in [2.45, 2.75) is 24.9 Å². The molecular weight excluding hydrogens is 442 g/mol. The van der Waals surface area contributed by atoms with Crippen LogP contribution < -0.4 is 15.1 Å². The first kappa shape index (κ1) is 23.5. The fourth-order valence-corrected chi connectivity index (χ4v) is 3.71. The van der Waals surface area contributed by atoms with E-state index < -0.39 is 31.1 Å². The van der Waals surface area contributed by atoms with Crippen molar-refractivity contribution in [3.05, 3.63) is 47.0 Å². The number of benzene rings is 2. The van der Waals surface area contributed by atoms with E-state index in [-0.39, 0.29) is 59.6 Å². The van der Waals surface area contributed by atoms with Gasteiger partial charge >= 0.3 is 13.1 Å². The molecule has 32 heavy (non-hydrogen) atoms. The van der Waals surface area contributed by atoms with Crippen molar-refractivity contribution in [3.63, 3.8) is 0 Å². The number of hydrogen-bond donors (Lipinski definition) is 5. The molecule has 1 unspecified atom stereocenters. The minimum atomic E-state index is -1.24. The number of rotatable bonds is 5. The molecule has 0 saturated carbocycles. The maximum absolute atomic E-state index is 12.6. The van der Waals surface area contributed by atoms with Gasteiger partial charge in [-0.1, -0.05) is 6.07 Å². The van der Waals surface area contributed by atoms with Gasteiger partial charge in [0.15, 0.2) is 0 Å². The number of aromatic carboxylic acids is 1. The van der Waals surface area contributed by atoms with Gasteiger partial charge in [-0.25, -0.2) is 4.79 Å². The third kappa shape index (κ3) is 4.40. The highest BCUT2D eigenvalue weighted by atomic mass is 35.5. The Bertz CT molecular complexity index is 1050. The Labute approximate surface area is 189 Å². The first-order valence-electron chi connectivity index (χ1n) is 9.71. The molecule has 0 bridgehead atoms. The molecule has 1 fully saturated rings. The second-order valence-electron chi connectivity index (χ2n) is 7.55. The lowest BCUT2D eigenvalue weighted by molar-refractivity contribution is -0.141. The first-order chi connectivity index (χ1) is 14.7. The number of amides is 1. The van der Waals surface area contributed by atoms with E-state index in [9.17, 15) is 29.9 Å². The molecule has 170 valence electrons. The number of halogens is 1. The van der Waals surface area contributed by atoms with Crippen molar-refractivity contribution >= 4 is 31.4 Å². The number of carboxylic acids is 1. The molecule has 0 spiro atoms. The molecule has 2 aliphatic rings. The van der Waals surface area contributed by atoms with E-state index in [4.69, 9.17) is 15.1 Å². The molecule has 2 aromatic carbocycles. The zero-order chi connectivity index (χ0) is 22.3. The van der Waals surface area contributed by atoms with Crippen LogP contribution in [-0.4, -0.2) is 63.4 Å². The van der Waals surface area contributed by atoms with E-state index >= 15 is 0 Å². The highest BCUT2D eigenvalue weighted by Crippen LogP contribution is 2.37. The lowest BCUT2D eigenvalue weighted by Gasteiger charge is -2.40. The Morgan fingerprint density at radius 3 is 2.59 bits per heavy atom. The predicted octanol–water partition coefficient (Wildman–Crippen LogP) is 0.923. The topological polar surface area (TPSA) is 163 Å². The van der Waals surface area contributed by atoms with E-state index in [1.54, 1.807) is 12.1 Å². The number of likely N-dealkylation sites (tertiary alicyclic amines) is 1. The van der Waals surface area contributed by atoms with E-state index in [0.717, 1.165) is 6.07 Å². The molecule has 12 heteroatoms. The number of carbonyl (C=O) groups excluding carboxylic acids is 1. The lowest BCUT2D eigenvalue weighted by Crippen LogP contribution is -2.58. The summed E-state index contributed by atoms with van der Waals surface area (Å²) in [5.74, 6) is -1.90. The fourth-order valence-electron chi connectivity index (χ4n) is 3.71. The summed E-state index contributed by atoms with van der Waals surface area (Å²) in [6, 6.07) is 5.94. The van der Waals surface area contributed by atoms with Crippen molar-refractivity contribution < 1.29 is 39.3 Å². The summed E-state index contributed by atoms with van der Waals surface area (Å²) in [5.41, 5.74) is 6.67. The molecule has 6 N–H and O–H groups in total. The molecule has 1 amide bonds. The second kappa shape index (κ2) is 9.15. The number of carbonyl (C=O) groups is 2. The molecule has 0 radical (unpaired) electrons. The van der Waals surface area contributed by atoms with Crippen molar-refractivity contribution in [3.8, 4) is 23.0 Å². The van der Waals surface area contributed by atoms with Crippen LogP contribution in [0, 0.1) is 0 Å². The summed E-state index contributed by atoms with van der Waals surface area (Å²) in [5, 5.41) is 38.6. The van der Waals surface area contributed by atoms with Crippen LogP contribution in [0.1, 0.15) is 27.5 Å². The van der Waals surface area contributed by atoms with E-state index in [0.29, 0.717) is 18.3 Å². The number of aryl methyl sites for hydroxylation is 1. The summed E-state index contributed by atoms with van der Waals surface area (Å²) >= 11 is 0. The van der Waals surface area contributed by atoms with Crippen LogP contribution in [-0.2, 0) is 11.2 Å². The monoisotopic (exact) mass is 464 g/mol. The van der Waals surface area contributed by atoms with Crippen LogP contribution in [0.5, 0.6) is 23.0 Å². The van der Waals surface area contributed by atoms with Gasteiger partial charge in [0.25, 0.3) is 0 Å². The van der Waals surface area contributed by atoms with Crippen LogP contribution in [0.4, 0.5) is 0 Å². The molecule has 0 aliphatic carbocycles. The minimum absolute atomic E-state index is 0. The lowest BCUT2D eigenvalue weighted by atomic mass is 9.78. The molecule has 10 nitrogen and oxygen atoms in total. The molecule has 2 aliphatic heterocycles. The smallest absolute Gasteiger partial charge is 0.522 e. The van der Waals surface area contributed by atoms with E-state index in [1.807, 2.05) is 0 Å². The Hall–Kier alpha value is -3.15. The van der Waals surface area contributed by atoms with Gasteiger partial charge in [0.2, 0.25) is 5.91 Å². The standard InChI is InChI=1S/C20H21BN2O8.ClH/c22-17(13-3-2-11(24)7-14(13)25)19(26)23-8-12(9-23)30-15-4-1-10-5-6-21(29)31-18(10)16(15)20(27)28;/h1-4,7,12,17,24-25,29H,5-6,8-9,22H2,(H,27,28);1H. The van der Waals surface area contributed by atoms with Gasteiger partial charge in [0, 0.05) is 11.6 Å². The molecule has 0 aromatic heterocycles. The summed E-state index contributed by atoms with van der Waals surface area (Å²) < 4.78 is 11.1. The Morgan fingerprint density at radius 1 is 1.22 bits per heavy atom. The largest absolute Gasteiger partial charge is 0.535 e. The van der Waals surface area contributed by atoms with Gasteiger partial charge in [-0.15, -0.1) is 12.4 Å². The Morgan fingerprint density at radius 2 is 1.94 bits per heavy atom. The molecule has 4 rings (SSSR count). The number of fused-ring (bicyclic) bond motifs is 1. The highest BCUT2D eigenvalue weighted by molar-refractivity contribution is 6.44. The molecular formula is C20H22BClN2O8. The average Bonchev–Trinajstić information content (AvgIpc) is 2.68. The van der Waals surface area contributed by atoms with Crippen LogP contribution in [0.25, 0.3) is 0 Å². The van der Waals surface area contributed by atoms with Crippen LogP contribution >= 0.6 is 12.4 Å². The van der Waals surface area contributed by atoms with E-state index in [2.05, 4.69) is 0 Å². The maximum Gasteiger partial charge on any atom is 0.522 e. The number of aromatic hydroxyl groups is 2. The SMILES string of the molecule is Cl.NC(C(=O)N1CC(Oc2ccc3c(c2C(=O)O)OB(O)CC3)C1)c1ccc(O)cc1O. The third-order valence-electron chi connectivity index (χ3n) is 5.40. The van der Waals surface area contributed by atoms with Crippen molar-refractivity contribution in [2.75, 3.05) is 13.1 Å². The number of nitrogens with two attached hydrogens (primary N) is 1. The zero-order valence-corrected chi connectivity index (χ0v) is 17.6. The highest BCUT2D eigenvalue weighted by Gasteiger charge is 2.37. The Balaban J connectivity index is 0.00000289. The van der Waals surface area contributed by atoms with Crippen LogP contribution in [0.3, 0.4) is 0 Å². The zero-order valence-electron chi connectivity index (χ0n) is 16.8. The summed E-state index contributed by atoms with van der Waals surface area (Å²) in [7, 11) is -1.07. The number of ether oxygens (including phenoxy) is 1.